The first-order chi connectivity index (χ1) is 8.88. The largest absolute Gasteiger partial charge is 0.496 e. The fourth-order valence-electron chi connectivity index (χ4n) is 1.92. The highest BCUT2D eigenvalue weighted by Gasteiger charge is 2.19. The highest BCUT2D eigenvalue weighted by Crippen LogP contribution is 2.31. The van der Waals surface area contributed by atoms with Crippen molar-refractivity contribution in [3.8, 4) is 5.75 Å². The molecule has 4 N–H and O–H groups in total. The zero-order chi connectivity index (χ0) is 14.5. The molecule has 1 atom stereocenters. The number of hydrogen-bond acceptors (Lipinski definition) is 4. The smallest absolute Gasteiger partial charge is 0.122 e. The van der Waals surface area contributed by atoms with Crippen molar-refractivity contribution < 1.29 is 9.84 Å². The zero-order valence-corrected chi connectivity index (χ0v) is 12.4. The Kier molecular flexibility index (Phi) is 5.79. The molecule has 0 spiro atoms. The number of ether oxygens (including phenoxy) is 1. The van der Waals surface area contributed by atoms with Gasteiger partial charge in [-0.15, -0.1) is 0 Å². The highest BCUT2D eigenvalue weighted by molar-refractivity contribution is 5.41. The van der Waals surface area contributed by atoms with E-state index in [1.165, 1.54) is 11.1 Å². The topological polar surface area (TPSA) is 67.5 Å². The minimum atomic E-state index is -0.208. The van der Waals surface area contributed by atoms with Gasteiger partial charge in [-0.3, -0.25) is 0 Å². The molecule has 0 heterocycles. The number of nitrogens with two attached hydrogens (primary N) is 1. The first kappa shape index (κ1) is 16.0. The molecule has 0 saturated carbocycles. The second-order valence-corrected chi connectivity index (χ2v) is 5.86. The van der Waals surface area contributed by atoms with Gasteiger partial charge in [0.25, 0.3) is 0 Å². The van der Waals surface area contributed by atoms with Crippen LogP contribution in [-0.4, -0.2) is 31.4 Å². The van der Waals surface area contributed by atoms with E-state index in [9.17, 15) is 0 Å². The maximum atomic E-state index is 8.87. The summed E-state index contributed by atoms with van der Waals surface area (Å²) in [4.78, 5) is 0. The summed E-state index contributed by atoms with van der Waals surface area (Å²) in [7, 11) is 1.70. The van der Waals surface area contributed by atoms with Gasteiger partial charge in [0.1, 0.15) is 5.75 Å². The van der Waals surface area contributed by atoms with Crippen molar-refractivity contribution >= 4 is 0 Å². The van der Waals surface area contributed by atoms with Crippen LogP contribution in [0, 0.1) is 0 Å². The summed E-state index contributed by atoms with van der Waals surface area (Å²) in [5.74, 6) is 0.920. The quantitative estimate of drug-likeness (QED) is 0.728. The lowest BCUT2D eigenvalue weighted by Gasteiger charge is -2.23. The van der Waals surface area contributed by atoms with Crippen LogP contribution in [0.2, 0.25) is 0 Å². The van der Waals surface area contributed by atoms with E-state index in [0.29, 0.717) is 6.54 Å². The van der Waals surface area contributed by atoms with Crippen LogP contribution in [0.15, 0.2) is 18.2 Å². The lowest BCUT2D eigenvalue weighted by Crippen LogP contribution is -2.36. The Balaban J connectivity index is 2.76. The van der Waals surface area contributed by atoms with Gasteiger partial charge in [0.05, 0.1) is 13.7 Å². The molecule has 1 unspecified atom stereocenters. The van der Waals surface area contributed by atoms with E-state index in [4.69, 9.17) is 15.6 Å². The molecule has 1 aromatic carbocycles. The second-order valence-electron chi connectivity index (χ2n) is 5.86. The SMILES string of the molecule is COc1ccc(CNCC(N)CO)cc1C(C)(C)C. The van der Waals surface area contributed by atoms with Gasteiger partial charge in [-0.25, -0.2) is 0 Å². The molecule has 0 saturated heterocycles. The van der Waals surface area contributed by atoms with Gasteiger partial charge in [0.2, 0.25) is 0 Å². The number of methoxy groups -OCH3 is 1. The van der Waals surface area contributed by atoms with E-state index in [1.54, 1.807) is 7.11 Å². The van der Waals surface area contributed by atoms with Crippen molar-refractivity contribution in [2.45, 2.75) is 38.8 Å². The van der Waals surface area contributed by atoms with E-state index in [2.05, 4.69) is 32.2 Å². The van der Waals surface area contributed by atoms with Crippen LogP contribution < -0.4 is 15.8 Å². The van der Waals surface area contributed by atoms with Crippen molar-refractivity contribution in [2.75, 3.05) is 20.3 Å². The minimum absolute atomic E-state index is 0.00283. The fourth-order valence-corrected chi connectivity index (χ4v) is 1.92. The lowest BCUT2D eigenvalue weighted by atomic mass is 9.85. The molecule has 0 aromatic heterocycles. The van der Waals surface area contributed by atoms with Crippen LogP contribution in [0.1, 0.15) is 31.9 Å². The molecule has 19 heavy (non-hydrogen) atoms. The number of rotatable bonds is 6. The van der Waals surface area contributed by atoms with Gasteiger partial charge in [-0.1, -0.05) is 32.9 Å². The predicted molar refractivity (Wildman–Crippen MR) is 78.5 cm³/mol. The Labute approximate surface area is 116 Å². The monoisotopic (exact) mass is 266 g/mol. The van der Waals surface area contributed by atoms with Crippen LogP contribution in [0.5, 0.6) is 5.75 Å². The van der Waals surface area contributed by atoms with Gasteiger partial charge in [-0.2, -0.15) is 0 Å². The van der Waals surface area contributed by atoms with E-state index < -0.39 is 0 Å². The minimum Gasteiger partial charge on any atom is -0.496 e. The number of nitrogens with one attached hydrogen (secondary N) is 1. The van der Waals surface area contributed by atoms with Crippen LogP contribution in [0.4, 0.5) is 0 Å². The van der Waals surface area contributed by atoms with Crippen LogP contribution in [-0.2, 0) is 12.0 Å². The van der Waals surface area contributed by atoms with Gasteiger partial charge in [0.15, 0.2) is 0 Å². The molecule has 1 aromatic rings. The Morgan fingerprint density at radius 3 is 2.58 bits per heavy atom. The first-order valence-corrected chi connectivity index (χ1v) is 6.63. The maximum Gasteiger partial charge on any atom is 0.122 e. The lowest BCUT2D eigenvalue weighted by molar-refractivity contribution is 0.262. The Morgan fingerprint density at radius 2 is 2.05 bits per heavy atom. The molecule has 0 aliphatic heterocycles. The van der Waals surface area contributed by atoms with Crippen molar-refractivity contribution in [1.29, 1.82) is 0 Å². The van der Waals surface area contributed by atoms with Gasteiger partial charge < -0.3 is 20.9 Å². The van der Waals surface area contributed by atoms with E-state index in [0.717, 1.165) is 12.3 Å². The van der Waals surface area contributed by atoms with E-state index >= 15 is 0 Å². The van der Waals surface area contributed by atoms with Gasteiger partial charge in [-0.05, 0) is 22.6 Å². The molecule has 0 aliphatic rings. The highest BCUT2D eigenvalue weighted by atomic mass is 16.5. The average molecular weight is 266 g/mol. The van der Waals surface area contributed by atoms with E-state index in [1.807, 2.05) is 12.1 Å². The molecule has 4 heteroatoms. The van der Waals surface area contributed by atoms with Crippen molar-refractivity contribution in [3.63, 3.8) is 0 Å². The van der Waals surface area contributed by atoms with Crippen LogP contribution in [0.3, 0.4) is 0 Å². The molecule has 108 valence electrons. The Bertz CT molecular complexity index is 400. The molecule has 0 radical (unpaired) electrons. The van der Waals surface area contributed by atoms with E-state index in [-0.39, 0.29) is 18.1 Å². The second kappa shape index (κ2) is 6.89. The van der Waals surface area contributed by atoms with Crippen LogP contribution in [0.25, 0.3) is 0 Å². The molecular weight excluding hydrogens is 240 g/mol. The van der Waals surface area contributed by atoms with Crippen molar-refractivity contribution in [3.05, 3.63) is 29.3 Å². The number of hydrogen-bond donors (Lipinski definition) is 3. The number of benzene rings is 1. The zero-order valence-electron chi connectivity index (χ0n) is 12.4. The molecule has 1 rings (SSSR count). The molecule has 0 bridgehead atoms. The van der Waals surface area contributed by atoms with Crippen molar-refractivity contribution in [1.82, 2.24) is 5.32 Å². The van der Waals surface area contributed by atoms with Gasteiger partial charge in [0, 0.05) is 19.1 Å². The standard InChI is InChI=1S/C15H26N2O2/c1-15(2,3)13-7-11(5-6-14(13)19-4)8-17-9-12(16)10-18/h5-7,12,17-18H,8-10,16H2,1-4H3. The van der Waals surface area contributed by atoms with Crippen LogP contribution >= 0.6 is 0 Å². The molecular formula is C15H26N2O2. The first-order valence-electron chi connectivity index (χ1n) is 6.63. The molecule has 4 nitrogen and oxygen atoms in total. The fraction of sp³-hybridized carbons (Fsp3) is 0.600. The Hall–Kier alpha value is -1.10. The van der Waals surface area contributed by atoms with Crippen molar-refractivity contribution in [2.24, 2.45) is 5.73 Å². The summed E-state index contributed by atoms with van der Waals surface area (Å²) in [6, 6.07) is 6.01. The third kappa shape index (κ3) is 4.82. The molecule has 0 aliphatic carbocycles. The van der Waals surface area contributed by atoms with Gasteiger partial charge >= 0.3 is 0 Å². The Morgan fingerprint density at radius 1 is 1.37 bits per heavy atom. The normalized spacial score (nSPS) is 13.4. The third-order valence-corrected chi connectivity index (χ3v) is 3.04. The summed E-state index contributed by atoms with van der Waals surface area (Å²) in [5, 5.41) is 12.1. The molecule has 0 fully saturated rings. The maximum absolute atomic E-state index is 8.87. The predicted octanol–water partition coefficient (Wildman–Crippen LogP) is 1.40. The summed E-state index contributed by atoms with van der Waals surface area (Å²) in [5.41, 5.74) is 8.08. The summed E-state index contributed by atoms with van der Waals surface area (Å²) >= 11 is 0. The number of aliphatic hydroxyl groups is 1. The summed E-state index contributed by atoms with van der Waals surface area (Å²) < 4.78 is 5.41. The third-order valence-electron chi connectivity index (χ3n) is 3.04. The summed E-state index contributed by atoms with van der Waals surface area (Å²) in [6.45, 7) is 7.86. The average Bonchev–Trinajstić information content (AvgIpc) is 2.37. The summed E-state index contributed by atoms with van der Waals surface area (Å²) in [6.07, 6.45) is 0. The molecule has 0 amide bonds. The number of aliphatic hydroxyl groups excluding tert-OH is 1.